The van der Waals surface area contributed by atoms with E-state index < -0.39 is 17.8 Å². The Morgan fingerprint density at radius 2 is 1.29 bits per heavy atom. The predicted octanol–water partition coefficient (Wildman–Crippen LogP) is 7.53. The van der Waals surface area contributed by atoms with E-state index >= 15 is 0 Å². The molecule has 4 amide bonds. The Labute approximate surface area is 244 Å². The van der Waals surface area contributed by atoms with Gasteiger partial charge in [-0.2, -0.15) is 0 Å². The number of nitrogens with zero attached hydrogens (tertiary/aromatic N) is 2. The van der Waals surface area contributed by atoms with Gasteiger partial charge in [0.2, 0.25) is 0 Å². The number of rotatable bonds is 7. The highest BCUT2D eigenvalue weighted by molar-refractivity contribution is 6.46. The maximum Gasteiger partial charge on any atom is 0.343 e. The Bertz CT molecular complexity index is 1580. The molecular weight excluding hydrogens is 536 g/mol. The molecule has 41 heavy (non-hydrogen) atoms. The van der Waals surface area contributed by atoms with Crippen molar-refractivity contribution in [2.24, 2.45) is 0 Å². The molecular formula is C34H29ClN2O4. The molecule has 0 N–H and O–H groups in total. The molecule has 4 aromatic carbocycles. The molecule has 0 atom stereocenters. The van der Waals surface area contributed by atoms with E-state index in [0.717, 1.165) is 32.1 Å². The van der Waals surface area contributed by atoms with Crippen molar-refractivity contribution in [2.45, 2.75) is 27.2 Å². The number of ether oxygens (including phenoxy) is 1. The molecule has 1 heterocycles. The number of aryl methyl sites for hydroxylation is 2. The highest BCUT2D eigenvalue weighted by atomic mass is 35.5. The van der Waals surface area contributed by atoms with E-state index in [1.165, 1.54) is 6.08 Å². The van der Waals surface area contributed by atoms with Crippen molar-refractivity contribution in [3.8, 4) is 5.75 Å². The molecule has 4 aromatic rings. The molecule has 5 rings (SSSR count). The van der Waals surface area contributed by atoms with Gasteiger partial charge >= 0.3 is 6.03 Å². The van der Waals surface area contributed by atoms with Gasteiger partial charge in [-0.1, -0.05) is 77.3 Å². The Balaban J connectivity index is 1.60. The van der Waals surface area contributed by atoms with Gasteiger partial charge in [0, 0.05) is 17.0 Å². The molecule has 0 spiro atoms. The Morgan fingerprint density at radius 1 is 0.756 bits per heavy atom. The van der Waals surface area contributed by atoms with E-state index in [4.69, 9.17) is 16.3 Å². The topological polar surface area (TPSA) is 66.9 Å². The molecule has 0 radical (unpaired) electrons. The Kier molecular flexibility index (Phi) is 8.04. The number of urea groups is 1. The Morgan fingerprint density at radius 3 is 1.80 bits per heavy atom. The fourth-order valence-electron chi connectivity index (χ4n) is 5.05. The summed E-state index contributed by atoms with van der Waals surface area (Å²) in [7, 11) is 0. The molecule has 0 saturated carbocycles. The molecule has 0 unspecified atom stereocenters. The van der Waals surface area contributed by atoms with Crippen LogP contribution in [0.2, 0.25) is 5.02 Å². The maximum atomic E-state index is 13.7. The summed E-state index contributed by atoms with van der Waals surface area (Å²) >= 11 is 6.81. The van der Waals surface area contributed by atoms with Gasteiger partial charge < -0.3 is 4.74 Å². The fourth-order valence-corrected chi connectivity index (χ4v) is 5.34. The van der Waals surface area contributed by atoms with E-state index in [2.05, 4.69) is 32.0 Å². The van der Waals surface area contributed by atoms with Gasteiger partial charge in [-0.3, -0.25) is 9.59 Å². The first kappa shape index (κ1) is 27.9. The number of hydrogen-bond acceptors (Lipinski definition) is 4. The monoisotopic (exact) mass is 564 g/mol. The molecule has 0 aromatic heterocycles. The summed E-state index contributed by atoms with van der Waals surface area (Å²) in [6.07, 6.45) is 2.03. The van der Waals surface area contributed by atoms with Gasteiger partial charge in [-0.05, 0) is 74.4 Å². The first-order valence-electron chi connectivity index (χ1n) is 13.3. The quantitative estimate of drug-likeness (QED) is 0.172. The van der Waals surface area contributed by atoms with Gasteiger partial charge in [0.15, 0.2) is 0 Å². The number of benzene rings is 4. The average Bonchev–Trinajstić information content (AvgIpc) is 2.94. The number of imide groups is 2. The van der Waals surface area contributed by atoms with Gasteiger partial charge in [0.1, 0.15) is 11.3 Å². The number of anilines is 2. The van der Waals surface area contributed by atoms with Crippen LogP contribution in [0.5, 0.6) is 5.75 Å². The number of barbiturate groups is 1. The summed E-state index contributed by atoms with van der Waals surface area (Å²) in [6.45, 7) is 6.40. The summed E-state index contributed by atoms with van der Waals surface area (Å²) in [5.41, 5.74) is 5.29. The number of hydrogen-bond donors (Lipinski definition) is 0. The van der Waals surface area contributed by atoms with Crippen molar-refractivity contribution < 1.29 is 19.1 Å². The lowest BCUT2D eigenvalue weighted by molar-refractivity contribution is -0.121. The summed E-state index contributed by atoms with van der Waals surface area (Å²) in [6, 6.07) is 26.2. The normalized spacial score (nSPS) is 13.6. The summed E-state index contributed by atoms with van der Waals surface area (Å²) in [5, 5.41) is 0.452. The van der Waals surface area contributed by atoms with Crippen molar-refractivity contribution in [2.75, 3.05) is 16.4 Å². The van der Waals surface area contributed by atoms with Gasteiger partial charge in [0.05, 0.1) is 18.0 Å². The van der Waals surface area contributed by atoms with E-state index in [1.807, 2.05) is 6.92 Å². The van der Waals surface area contributed by atoms with Crippen molar-refractivity contribution in [3.05, 3.63) is 129 Å². The average molecular weight is 565 g/mol. The smallest absolute Gasteiger partial charge is 0.343 e. The summed E-state index contributed by atoms with van der Waals surface area (Å²) in [5.74, 6) is -0.865. The van der Waals surface area contributed by atoms with Crippen LogP contribution in [0, 0.1) is 13.8 Å². The van der Waals surface area contributed by atoms with Crippen molar-refractivity contribution in [3.63, 3.8) is 0 Å². The highest BCUT2D eigenvalue weighted by Gasteiger charge is 2.43. The minimum Gasteiger partial charge on any atom is -0.494 e. The Hall–Kier alpha value is -4.68. The van der Waals surface area contributed by atoms with Crippen LogP contribution in [0.4, 0.5) is 16.2 Å². The molecule has 206 valence electrons. The lowest BCUT2D eigenvalue weighted by Crippen LogP contribution is -2.57. The molecule has 1 fully saturated rings. The molecule has 0 aliphatic carbocycles. The molecule has 6 nitrogen and oxygen atoms in total. The third-order valence-corrected chi connectivity index (χ3v) is 7.07. The summed E-state index contributed by atoms with van der Waals surface area (Å²) < 4.78 is 5.97. The summed E-state index contributed by atoms with van der Waals surface area (Å²) in [4.78, 5) is 43.0. The molecule has 1 aliphatic rings. The van der Waals surface area contributed by atoms with Crippen LogP contribution in [0.1, 0.15) is 34.7 Å². The fraction of sp³-hybridized carbons (Fsp3) is 0.147. The first-order valence-corrected chi connectivity index (χ1v) is 13.7. The third kappa shape index (κ3) is 5.79. The number of amides is 4. The highest BCUT2D eigenvalue weighted by Crippen LogP contribution is 2.34. The number of para-hydroxylation sites is 2. The molecule has 1 aliphatic heterocycles. The number of carbonyl (C=O) groups is 3. The van der Waals surface area contributed by atoms with E-state index in [0.29, 0.717) is 40.7 Å². The van der Waals surface area contributed by atoms with Crippen molar-refractivity contribution in [1.29, 1.82) is 0 Å². The second-order valence-electron chi connectivity index (χ2n) is 9.88. The van der Waals surface area contributed by atoms with Crippen LogP contribution >= 0.6 is 11.6 Å². The third-order valence-electron chi connectivity index (χ3n) is 6.73. The van der Waals surface area contributed by atoms with Crippen molar-refractivity contribution >= 4 is 46.9 Å². The molecule has 7 heteroatoms. The largest absolute Gasteiger partial charge is 0.494 e. The minimum absolute atomic E-state index is 0.169. The van der Waals surface area contributed by atoms with E-state index in [-0.39, 0.29) is 5.57 Å². The minimum atomic E-state index is -0.744. The second kappa shape index (κ2) is 11.8. The zero-order chi connectivity index (χ0) is 29.1. The predicted molar refractivity (Wildman–Crippen MR) is 163 cm³/mol. The van der Waals surface area contributed by atoms with Crippen molar-refractivity contribution in [1.82, 2.24) is 0 Å². The second-order valence-corrected chi connectivity index (χ2v) is 10.3. The van der Waals surface area contributed by atoms with E-state index in [9.17, 15) is 14.4 Å². The lowest BCUT2D eigenvalue weighted by Gasteiger charge is -2.34. The number of carbonyl (C=O) groups excluding carboxylic acids is 3. The van der Waals surface area contributed by atoms with Crippen LogP contribution in [-0.4, -0.2) is 24.5 Å². The molecule has 1 saturated heterocycles. The SMILES string of the molecule is CCOc1cc(C=C2C(=O)N(c3ccccc3)C(=O)N(c3ccccc3)C2=O)cc(Cl)c1Cc1cc(C)cc(C)c1. The standard InChI is InChI=1S/C34H29ClN2O4/c1-4-41-31-21-25(20-30(35)28(31)18-24-16-22(2)15-23(3)17-24)19-29-32(38)36(26-11-7-5-8-12-26)34(40)37(33(29)39)27-13-9-6-10-14-27/h5-17,19-21H,4,18H2,1-3H3. The maximum absolute atomic E-state index is 13.7. The van der Waals surface area contributed by atoms with Crippen LogP contribution in [0.25, 0.3) is 6.08 Å². The van der Waals surface area contributed by atoms with Gasteiger partial charge in [-0.25, -0.2) is 14.6 Å². The van der Waals surface area contributed by atoms with Gasteiger partial charge in [-0.15, -0.1) is 0 Å². The van der Waals surface area contributed by atoms with Crippen LogP contribution in [0.3, 0.4) is 0 Å². The van der Waals surface area contributed by atoms with Crippen LogP contribution in [-0.2, 0) is 16.0 Å². The lowest BCUT2D eigenvalue weighted by atomic mass is 9.98. The first-order chi connectivity index (χ1) is 19.8. The molecule has 0 bridgehead atoms. The van der Waals surface area contributed by atoms with Crippen LogP contribution < -0.4 is 14.5 Å². The van der Waals surface area contributed by atoms with Crippen LogP contribution in [0.15, 0.2) is 96.6 Å². The zero-order valence-electron chi connectivity index (χ0n) is 23.1. The zero-order valence-corrected chi connectivity index (χ0v) is 23.8. The van der Waals surface area contributed by atoms with E-state index in [1.54, 1.807) is 72.8 Å². The van der Waals surface area contributed by atoms with Gasteiger partial charge in [0.25, 0.3) is 11.8 Å². The number of halogens is 1.